The first kappa shape index (κ1) is 18.2. The summed E-state index contributed by atoms with van der Waals surface area (Å²) in [6, 6.07) is 7.74. The Morgan fingerprint density at radius 1 is 1.31 bits per heavy atom. The van der Waals surface area contributed by atoms with Crippen molar-refractivity contribution in [1.29, 1.82) is 5.26 Å². The van der Waals surface area contributed by atoms with Gasteiger partial charge in [-0.25, -0.2) is 0 Å². The van der Waals surface area contributed by atoms with Gasteiger partial charge in [-0.1, -0.05) is 0 Å². The molecule has 2 aliphatic rings. The van der Waals surface area contributed by atoms with Crippen LogP contribution in [0.4, 0.5) is 5.69 Å². The zero-order valence-electron chi connectivity index (χ0n) is 15.5. The molecule has 3 rings (SSSR count). The summed E-state index contributed by atoms with van der Waals surface area (Å²) in [5.41, 5.74) is 1.65. The van der Waals surface area contributed by atoms with Crippen molar-refractivity contribution in [2.45, 2.75) is 45.1 Å². The van der Waals surface area contributed by atoms with Gasteiger partial charge in [0.25, 0.3) is 5.91 Å². The van der Waals surface area contributed by atoms with Crippen LogP contribution in [0.25, 0.3) is 0 Å². The number of rotatable bonds is 6. The minimum atomic E-state index is -0.778. The summed E-state index contributed by atoms with van der Waals surface area (Å²) in [6.07, 6.45) is 4.12. The molecule has 1 aromatic carbocycles. The van der Waals surface area contributed by atoms with Crippen LogP contribution < -0.4 is 10.6 Å². The third kappa shape index (κ3) is 3.98. The zero-order chi connectivity index (χ0) is 18.7. The van der Waals surface area contributed by atoms with Crippen LogP contribution in [0.5, 0.6) is 0 Å². The van der Waals surface area contributed by atoms with Crippen LogP contribution in [0.2, 0.25) is 0 Å². The van der Waals surface area contributed by atoms with E-state index < -0.39 is 5.54 Å². The molecule has 1 aliphatic heterocycles. The number of nitrogens with zero attached hydrogens (tertiary/aromatic N) is 2. The van der Waals surface area contributed by atoms with E-state index in [0.29, 0.717) is 5.56 Å². The molecule has 6 heteroatoms. The van der Waals surface area contributed by atoms with E-state index in [1.807, 2.05) is 24.0 Å². The minimum absolute atomic E-state index is 0.0733. The van der Waals surface area contributed by atoms with Gasteiger partial charge in [-0.3, -0.25) is 9.59 Å². The van der Waals surface area contributed by atoms with Gasteiger partial charge < -0.3 is 15.5 Å². The zero-order valence-corrected chi connectivity index (χ0v) is 15.5. The SMILES string of the molecule is Cc1cc(C(=O)N2CCCC2)ccc1NCC(=O)NC(C)(C#N)C1CC1. The molecule has 2 amide bonds. The van der Waals surface area contributed by atoms with Gasteiger partial charge in [-0.2, -0.15) is 5.26 Å². The molecule has 2 fully saturated rings. The Balaban J connectivity index is 1.57. The molecule has 0 bridgehead atoms. The highest BCUT2D eigenvalue weighted by Crippen LogP contribution is 2.39. The second kappa shape index (κ2) is 7.36. The van der Waals surface area contributed by atoms with E-state index in [9.17, 15) is 14.9 Å². The molecule has 0 spiro atoms. The summed E-state index contributed by atoms with van der Waals surface area (Å²) in [6.45, 7) is 5.47. The van der Waals surface area contributed by atoms with E-state index in [1.165, 1.54) is 0 Å². The molecular formula is C20H26N4O2. The second-order valence-corrected chi connectivity index (χ2v) is 7.52. The predicted molar refractivity (Wildman–Crippen MR) is 99.7 cm³/mol. The highest BCUT2D eigenvalue weighted by molar-refractivity contribution is 5.95. The van der Waals surface area contributed by atoms with Crippen molar-refractivity contribution >= 4 is 17.5 Å². The van der Waals surface area contributed by atoms with Crippen LogP contribution in [-0.4, -0.2) is 41.9 Å². The van der Waals surface area contributed by atoms with Gasteiger partial charge in [0.1, 0.15) is 5.54 Å². The summed E-state index contributed by atoms with van der Waals surface area (Å²) in [7, 11) is 0. The van der Waals surface area contributed by atoms with Crippen molar-refractivity contribution in [2.24, 2.45) is 5.92 Å². The largest absolute Gasteiger partial charge is 0.376 e. The molecule has 26 heavy (non-hydrogen) atoms. The van der Waals surface area contributed by atoms with Crippen molar-refractivity contribution in [3.8, 4) is 6.07 Å². The lowest BCUT2D eigenvalue weighted by Crippen LogP contribution is -2.48. The predicted octanol–water partition coefficient (Wildman–Crippen LogP) is 2.45. The molecule has 0 aromatic heterocycles. The molecule has 2 N–H and O–H groups in total. The number of nitrogens with one attached hydrogen (secondary N) is 2. The third-order valence-corrected chi connectivity index (χ3v) is 5.33. The van der Waals surface area contributed by atoms with Crippen molar-refractivity contribution in [1.82, 2.24) is 10.2 Å². The molecule has 1 aliphatic carbocycles. The van der Waals surface area contributed by atoms with Gasteiger partial charge in [0, 0.05) is 24.3 Å². The Hall–Kier alpha value is -2.55. The van der Waals surface area contributed by atoms with Crippen LogP contribution in [0.15, 0.2) is 18.2 Å². The Morgan fingerprint density at radius 3 is 2.58 bits per heavy atom. The number of aryl methyl sites for hydroxylation is 1. The first-order valence-corrected chi connectivity index (χ1v) is 9.29. The highest BCUT2D eigenvalue weighted by Gasteiger charge is 2.42. The van der Waals surface area contributed by atoms with Crippen LogP contribution in [0, 0.1) is 24.2 Å². The Morgan fingerprint density at radius 2 is 2.00 bits per heavy atom. The summed E-state index contributed by atoms with van der Waals surface area (Å²) in [5.74, 6) is 0.135. The Kier molecular flexibility index (Phi) is 5.17. The fourth-order valence-electron chi connectivity index (χ4n) is 3.49. The third-order valence-electron chi connectivity index (χ3n) is 5.33. The topological polar surface area (TPSA) is 85.2 Å². The smallest absolute Gasteiger partial charge is 0.253 e. The summed E-state index contributed by atoms with van der Waals surface area (Å²) < 4.78 is 0. The van der Waals surface area contributed by atoms with Gasteiger partial charge in [-0.05, 0) is 69.2 Å². The van der Waals surface area contributed by atoms with Crippen LogP contribution in [0.3, 0.4) is 0 Å². The maximum Gasteiger partial charge on any atom is 0.253 e. The maximum atomic E-state index is 12.4. The van der Waals surface area contributed by atoms with Gasteiger partial charge in [-0.15, -0.1) is 0 Å². The molecule has 1 unspecified atom stereocenters. The standard InChI is InChI=1S/C20H26N4O2/c1-14-11-15(19(26)24-9-3-4-10-24)5-8-17(14)22-12-18(25)23-20(2,13-21)16-6-7-16/h5,8,11,16,22H,3-4,6-7,9-10,12H2,1-2H3,(H,23,25). The minimum Gasteiger partial charge on any atom is -0.376 e. The van der Waals surface area contributed by atoms with Crippen molar-refractivity contribution in [3.63, 3.8) is 0 Å². The van der Waals surface area contributed by atoms with Crippen molar-refractivity contribution in [3.05, 3.63) is 29.3 Å². The maximum absolute atomic E-state index is 12.4. The number of benzene rings is 1. The van der Waals surface area contributed by atoms with Crippen molar-refractivity contribution < 1.29 is 9.59 Å². The van der Waals surface area contributed by atoms with E-state index in [1.54, 1.807) is 13.0 Å². The molecule has 1 aromatic rings. The van der Waals surface area contributed by atoms with Crippen molar-refractivity contribution in [2.75, 3.05) is 25.0 Å². The number of anilines is 1. The van der Waals surface area contributed by atoms with E-state index in [-0.39, 0.29) is 24.3 Å². The van der Waals surface area contributed by atoms with Gasteiger partial charge in [0.2, 0.25) is 5.91 Å². The van der Waals surface area contributed by atoms with Gasteiger partial charge >= 0.3 is 0 Å². The summed E-state index contributed by atoms with van der Waals surface area (Å²) >= 11 is 0. The lowest BCUT2D eigenvalue weighted by atomic mass is 9.98. The lowest BCUT2D eigenvalue weighted by Gasteiger charge is -2.23. The highest BCUT2D eigenvalue weighted by atomic mass is 16.2. The number of hydrogen-bond donors (Lipinski definition) is 2. The van der Waals surface area contributed by atoms with Gasteiger partial charge in [0.15, 0.2) is 0 Å². The summed E-state index contributed by atoms with van der Waals surface area (Å²) in [4.78, 5) is 26.5. The number of amides is 2. The van der Waals surface area contributed by atoms with E-state index in [2.05, 4.69) is 16.7 Å². The molecule has 1 saturated carbocycles. The normalized spacial score (nSPS) is 18.7. The van der Waals surface area contributed by atoms with E-state index in [0.717, 1.165) is 50.0 Å². The average Bonchev–Trinajstić information content (AvgIpc) is 3.35. The average molecular weight is 354 g/mol. The fraction of sp³-hybridized carbons (Fsp3) is 0.550. The second-order valence-electron chi connectivity index (χ2n) is 7.52. The first-order chi connectivity index (χ1) is 12.4. The molecule has 1 heterocycles. The Labute approximate surface area is 154 Å². The van der Waals surface area contributed by atoms with Gasteiger partial charge in [0.05, 0.1) is 12.6 Å². The molecule has 1 saturated heterocycles. The molecule has 1 atom stereocenters. The monoisotopic (exact) mass is 354 g/mol. The fourth-order valence-corrected chi connectivity index (χ4v) is 3.49. The number of hydrogen-bond acceptors (Lipinski definition) is 4. The molecular weight excluding hydrogens is 328 g/mol. The summed E-state index contributed by atoms with van der Waals surface area (Å²) in [5, 5.41) is 15.3. The quantitative estimate of drug-likeness (QED) is 0.822. The Bertz CT molecular complexity index is 745. The van der Waals surface area contributed by atoms with E-state index in [4.69, 9.17) is 0 Å². The number of likely N-dealkylation sites (tertiary alicyclic amines) is 1. The molecule has 138 valence electrons. The number of carbonyl (C=O) groups is 2. The first-order valence-electron chi connectivity index (χ1n) is 9.29. The van der Waals surface area contributed by atoms with Crippen LogP contribution in [0.1, 0.15) is 48.5 Å². The van der Waals surface area contributed by atoms with Crippen LogP contribution >= 0.6 is 0 Å². The van der Waals surface area contributed by atoms with E-state index >= 15 is 0 Å². The molecule has 0 radical (unpaired) electrons. The number of carbonyl (C=O) groups excluding carboxylic acids is 2. The molecule has 6 nitrogen and oxygen atoms in total. The lowest BCUT2D eigenvalue weighted by molar-refractivity contribution is -0.120. The number of nitriles is 1. The van der Waals surface area contributed by atoms with Crippen LogP contribution in [-0.2, 0) is 4.79 Å².